The van der Waals surface area contributed by atoms with Gasteiger partial charge in [-0.2, -0.15) is 13.5 Å². The summed E-state index contributed by atoms with van der Waals surface area (Å²) in [7, 11) is -4.15. The average Bonchev–Trinajstić information content (AvgIpc) is 3.47. The number of halogens is 2. The lowest BCUT2D eigenvalue weighted by molar-refractivity contribution is 0.0747. The standard InChI is InChI=1S/C33H37Cl2N7O5S/c1-21-10-12-23(13-11-21)41-29(20-27(38-41)33(3,4)5)42(47-48(6,45)46)32(44)37-26-14-15-28(36-22(26)2)39-16-18-40(19-17-39)31(43)30-24(34)8-7-9-25(30)35/h7-15,20H,16-19H2,1-6H3,(H,37,44). The summed E-state index contributed by atoms with van der Waals surface area (Å²) in [5, 5.41) is 8.75. The van der Waals surface area contributed by atoms with E-state index in [-0.39, 0.29) is 17.3 Å². The van der Waals surface area contributed by atoms with Gasteiger partial charge in [-0.15, -0.1) is 9.35 Å². The zero-order chi connectivity index (χ0) is 35.0. The summed E-state index contributed by atoms with van der Waals surface area (Å²) in [6, 6.07) is 16.6. The Balaban J connectivity index is 1.36. The predicted octanol–water partition coefficient (Wildman–Crippen LogP) is 6.38. The van der Waals surface area contributed by atoms with Crippen molar-refractivity contribution in [1.29, 1.82) is 0 Å². The molecule has 1 N–H and O–H groups in total. The summed E-state index contributed by atoms with van der Waals surface area (Å²) in [6.07, 6.45) is 0.864. The largest absolute Gasteiger partial charge is 0.353 e. The Morgan fingerprint density at radius 2 is 1.56 bits per heavy atom. The SMILES string of the molecule is Cc1ccc(-n2nc(C(C)(C)C)cc2N(OS(C)(=O)=O)C(=O)Nc2ccc(N3CCN(C(=O)c4c(Cl)cccc4Cl)CC3)nc2C)cc1. The van der Waals surface area contributed by atoms with E-state index in [1.54, 1.807) is 48.2 Å². The fourth-order valence-corrected chi connectivity index (χ4v) is 6.06. The maximum absolute atomic E-state index is 13.8. The van der Waals surface area contributed by atoms with Gasteiger partial charge in [-0.1, -0.05) is 67.7 Å². The number of anilines is 3. The van der Waals surface area contributed by atoms with Crippen molar-refractivity contribution >= 4 is 62.6 Å². The second kappa shape index (κ2) is 13.7. The Hall–Kier alpha value is -4.17. The summed E-state index contributed by atoms with van der Waals surface area (Å²) in [6.45, 7) is 11.5. The topological polar surface area (TPSA) is 130 Å². The van der Waals surface area contributed by atoms with E-state index >= 15 is 0 Å². The van der Waals surface area contributed by atoms with Gasteiger partial charge >= 0.3 is 6.03 Å². The van der Waals surface area contributed by atoms with Crippen molar-refractivity contribution in [3.8, 4) is 5.69 Å². The smallest absolute Gasteiger partial charge is 0.353 e. The molecule has 15 heteroatoms. The van der Waals surface area contributed by atoms with Crippen LogP contribution in [0, 0.1) is 13.8 Å². The number of hydroxylamine groups is 1. The molecule has 48 heavy (non-hydrogen) atoms. The lowest BCUT2D eigenvalue weighted by Crippen LogP contribution is -2.49. The highest BCUT2D eigenvalue weighted by Gasteiger charge is 2.31. The fourth-order valence-electron chi connectivity index (χ4n) is 5.09. The molecule has 0 saturated carbocycles. The van der Waals surface area contributed by atoms with Gasteiger partial charge in [0, 0.05) is 37.7 Å². The highest BCUT2D eigenvalue weighted by Crippen LogP contribution is 2.31. The van der Waals surface area contributed by atoms with Crippen LogP contribution in [0.15, 0.2) is 60.7 Å². The predicted molar refractivity (Wildman–Crippen MR) is 188 cm³/mol. The molecule has 4 aromatic rings. The molecule has 12 nitrogen and oxygen atoms in total. The van der Waals surface area contributed by atoms with E-state index in [4.69, 9.17) is 37.6 Å². The number of nitrogens with zero attached hydrogens (tertiary/aromatic N) is 6. The first-order chi connectivity index (χ1) is 22.5. The number of amides is 3. The lowest BCUT2D eigenvalue weighted by Gasteiger charge is -2.36. The number of carbonyl (C=O) groups is 2. The molecule has 3 heterocycles. The van der Waals surface area contributed by atoms with Crippen LogP contribution in [0.1, 0.15) is 48.1 Å². The van der Waals surface area contributed by atoms with Gasteiger partial charge in [0.05, 0.1) is 44.6 Å². The Kier molecular flexibility index (Phi) is 10.1. The molecule has 2 aromatic carbocycles. The zero-order valence-corrected chi connectivity index (χ0v) is 29.8. The quantitative estimate of drug-likeness (QED) is 0.219. The number of carbonyl (C=O) groups excluding carboxylic acids is 2. The van der Waals surface area contributed by atoms with Crippen LogP contribution in [0.5, 0.6) is 0 Å². The molecule has 2 aromatic heterocycles. The number of benzene rings is 2. The molecule has 0 unspecified atom stereocenters. The zero-order valence-electron chi connectivity index (χ0n) is 27.5. The average molecular weight is 715 g/mol. The van der Waals surface area contributed by atoms with Crippen LogP contribution >= 0.6 is 23.2 Å². The maximum atomic E-state index is 13.8. The van der Waals surface area contributed by atoms with E-state index in [0.29, 0.717) is 69.9 Å². The highest BCUT2D eigenvalue weighted by atomic mass is 35.5. The fraction of sp³-hybridized carbons (Fsp3) is 0.333. The van der Waals surface area contributed by atoms with Crippen molar-refractivity contribution in [2.75, 3.05) is 47.7 Å². The van der Waals surface area contributed by atoms with Crippen LogP contribution in [0.4, 0.5) is 22.1 Å². The van der Waals surface area contributed by atoms with Crippen LogP contribution in [-0.2, 0) is 19.8 Å². The summed E-state index contributed by atoms with van der Waals surface area (Å²) in [4.78, 5) is 35.3. The molecular weight excluding hydrogens is 677 g/mol. The minimum atomic E-state index is -4.15. The first-order valence-electron chi connectivity index (χ1n) is 15.2. The van der Waals surface area contributed by atoms with Crippen LogP contribution in [0.25, 0.3) is 5.69 Å². The Morgan fingerprint density at radius 3 is 2.12 bits per heavy atom. The van der Waals surface area contributed by atoms with Gasteiger partial charge in [0.1, 0.15) is 5.82 Å². The molecule has 0 aliphatic carbocycles. The van der Waals surface area contributed by atoms with E-state index in [2.05, 4.69) is 5.32 Å². The number of rotatable bonds is 7. The molecule has 1 saturated heterocycles. The number of aromatic nitrogens is 3. The second-order valence-corrected chi connectivity index (χ2v) is 14.9. The van der Waals surface area contributed by atoms with Crippen molar-refractivity contribution in [2.45, 2.75) is 40.0 Å². The summed E-state index contributed by atoms with van der Waals surface area (Å²) >= 11 is 12.5. The monoisotopic (exact) mass is 713 g/mol. The van der Waals surface area contributed by atoms with Crippen LogP contribution in [0.2, 0.25) is 10.0 Å². The number of urea groups is 1. The third-order valence-electron chi connectivity index (χ3n) is 7.72. The van der Waals surface area contributed by atoms with Crippen molar-refractivity contribution in [3.05, 3.63) is 93.2 Å². The van der Waals surface area contributed by atoms with E-state index in [9.17, 15) is 18.0 Å². The molecule has 5 rings (SSSR count). The van der Waals surface area contributed by atoms with E-state index in [1.165, 1.54) is 4.68 Å². The molecule has 1 aliphatic rings. The summed E-state index contributed by atoms with van der Waals surface area (Å²) < 4.78 is 31.5. The Morgan fingerprint density at radius 1 is 0.938 bits per heavy atom. The van der Waals surface area contributed by atoms with Gasteiger partial charge in [-0.3, -0.25) is 4.79 Å². The van der Waals surface area contributed by atoms with Gasteiger partial charge in [0.25, 0.3) is 16.0 Å². The van der Waals surface area contributed by atoms with Gasteiger partial charge in [-0.05, 0) is 50.2 Å². The molecule has 0 atom stereocenters. The third-order valence-corrected chi connectivity index (χ3v) is 8.77. The lowest BCUT2D eigenvalue weighted by atomic mass is 9.92. The molecule has 1 aliphatic heterocycles. The maximum Gasteiger partial charge on any atom is 0.353 e. The minimum absolute atomic E-state index is 0.0967. The summed E-state index contributed by atoms with van der Waals surface area (Å²) in [5.41, 5.74) is 2.96. The van der Waals surface area contributed by atoms with Crippen molar-refractivity contribution in [2.24, 2.45) is 0 Å². The van der Waals surface area contributed by atoms with Crippen LogP contribution in [0.3, 0.4) is 0 Å². The normalized spacial score (nSPS) is 13.8. The number of hydrogen-bond donors (Lipinski definition) is 1. The van der Waals surface area contributed by atoms with Crippen LogP contribution < -0.4 is 15.3 Å². The van der Waals surface area contributed by atoms with E-state index in [0.717, 1.165) is 11.8 Å². The van der Waals surface area contributed by atoms with E-state index < -0.39 is 21.6 Å². The van der Waals surface area contributed by atoms with E-state index in [1.807, 2.05) is 56.9 Å². The molecular formula is C33H37Cl2N7O5S. The number of hydrogen-bond acceptors (Lipinski definition) is 8. The molecule has 1 fully saturated rings. The van der Waals surface area contributed by atoms with Gasteiger partial charge in [0.2, 0.25) is 0 Å². The van der Waals surface area contributed by atoms with Gasteiger partial charge in [0.15, 0.2) is 5.82 Å². The van der Waals surface area contributed by atoms with Gasteiger partial charge in [-0.25, -0.2) is 14.5 Å². The Labute approximate surface area is 290 Å². The molecule has 0 bridgehead atoms. The Bertz CT molecular complexity index is 1930. The first-order valence-corrected chi connectivity index (χ1v) is 17.7. The molecule has 0 spiro atoms. The number of pyridine rings is 1. The third kappa shape index (κ3) is 7.92. The van der Waals surface area contributed by atoms with Gasteiger partial charge < -0.3 is 15.1 Å². The number of piperazine rings is 1. The first kappa shape index (κ1) is 35.1. The van der Waals surface area contributed by atoms with Crippen molar-refractivity contribution < 1.29 is 22.3 Å². The molecule has 3 amide bonds. The van der Waals surface area contributed by atoms with Crippen molar-refractivity contribution in [3.63, 3.8) is 0 Å². The van der Waals surface area contributed by atoms with Crippen LogP contribution in [-0.4, -0.2) is 72.5 Å². The molecule has 254 valence electrons. The highest BCUT2D eigenvalue weighted by molar-refractivity contribution is 7.86. The molecule has 0 radical (unpaired) electrons. The van der Waals surface area contributed by atoms with Crippen molar-refractivity contribution in [1.82, 2.24) is 19.7 Å². The summed E-state index contributed by atoms with van der Waals surface area (Å²) in [5.74, 6) is 0.524. The second-order valence-electron chi connectivity index (χ2n) is 12.6. The minimum Gasteiger partial charge on any atom is -0.353 e. The number of nitrogens with one attached hydrogen (secondary N) is 1. The number of aryl methyl sites for hydroxylation is 2.